The van der Waals surface area contributed by atoms with E-state index >= 15 is 0 Å². The number of amides is 1. The number of aromatic nitrogens is 5. The van der Waals surface area contributed by atoms with Crippen LogP contribution in [0.1, 0.15) is 47.4 Å². The van der Waals surface area contributed by atoms with E-state index in [1.54, 1.807) is 22.4 Å². The van der Waals surface area contributed by atoms with Crippen LogP contribution in [0, 0.1) is 6.92 Å². The second-order valence-corrected chi connectivity index (χ2v) is 12.9. The molecular weight excluding hydrogens is 596 g/mol. The summed E-state index contributed by atoms with van der Waals surface area (Å²) >= 11 is 6.03. The molecule has 13 nitrogen and oxygen atoms in total. The molecule has 4 heterocycles. The van der Waals surface area contributed by atoms with E-state index in [0.717, 1.165) is 30.2 Å². The molecule has 1 saturated heterocycles. The highest BCUT2D eigenvalue weighted by atomic mass is 35.5. The first kappa shape index (κ1) is 30.3. The molecule has 1 atom stereocenters. The number of hydrogen-bond donors (Lipinski definition) is 2. The van der Waals surface area contributed by atoms with Crippen LogP contribution in [0.25, 0.3) is 10.9 Å². The van der Waals surface area contributed by atoms with Crippen molar-refractivity contribution < 1.29 is 17.9 Å². The monoisotopic (exact) mass is 628 g/mol. The molecule has 228 valence electrons. The summed E-state index contributed by atoms with van der Waals surface area (Å²) in [6.07, 6.45) is 4.20. The highest BCUT2D eigenvalue weighted by Gasteiger charge is 2.26. The van der Waals surface area contributed by atoms with E-state index in [1.807, 2.05) is 50.0 Å². The molecule has 1 amide bonds. The molecule has 2 N–H and O–H groups in total. The van der Waals surface area contributed by atoms with Gasteiger partial charge >= 0.3 is 0 Å². The Kier molecular flexibility index (Phi) is 8.34. The quantitative estimate of drug-likeness (QED) is 0.278. The molecule has 1 aromatic carbocycles. The zero-order valence-corrected chi connectivity index (χ0v) is 26.0. The van der Waals surface area contributed by atoms with Crippen molar-refractivity contribution in [2.45, 2.75) is 38.8 Å². The van der Waals surface area contributed by atoms with Crippen LogP contribution < -0.4 is 25.2 Å². The summed E-state index contributed by atoms with van der Waals surface area (Å²) in [4.78, 5) is 37.5. The van der Waals surface area contributed by atoms with Crippen molar-refractivity contribution >= 4 is 50.1 Å². The molecule has 1 aliphatic rings. The minimum absolute atomic E-state index is 0.00754. The molecule has 4 aromatic rings. The summed E-state index contributed by atoms with van der Waals surface area (Å²) in [5.74, 6) is 0.220. The zero-order valence-electron chi connectivity index (χ0n) is 24.5. The summed E-state index contributed by atoms with van der Waals surface area (Å²) in [5.41, 5.74) is 2.03. The lowest BCUT2D eigenvalue weighted by Gasteiger charge is -2.33. The van der Waals surface area contributed by atoms with Crippen molar-refractivity contribution in [2.75, 3.05) is 29.6 Å². The Morgan fingerprint density at radius 1 is 1.14 bits per heavy atom. The van der Waals surface area contributed by atoms with Gasteiger partial charge in [-0.3, -0.25) is 18.8 Å². The fourth-order valence-electron chi connectivity index (χ4n) is 5.21. The fourth-order valence-corrected chi connectivity index (χ4v) is 5.79. The largest absolute Gasteiger partial charge is 0.473 e. The lowest BCUT2D eigenvalue weighted by atomic mass is 10.0. The number of carbonyl (C=O) groups excluding carboxylic acids is 1. The number of halogens is 1. The Morgan fingerprint density at radius 2 is 1.86 bits per heavy atom. The molecule has 5 rings (SSSR count). The van der Waals surface area contributed by atoms with Gasteiger partial charge in [0.2, 0.25) is 21.9 Å². The van der Waals surface area contributed by atoms with Gasteiger partial charge in [-0.25, -0.2) is 23.1 Å². The summed E-state index contributed by atoms with van der Waals surface area (Å²) in [5, 5.41) is 8.03. The van der Waals surface area contributed by atoms with Gasteiger partial charge in [-0.05, 0) is 37.6 Å². The van der Waals surface area contributed by atoms with E-state index in [-0.39, 0.29) is 28.2 Å². The average molecular weight is 629 g/mol. The average Bonchev–Trinajstić information content (AvgIpc) is 3.35. The fraction of sp³-hybridized carbons (Fsp3) is 0.393. The number of nitrogens with one attached hydrogen (secondary N) is 2. The van der Waals surface area contributed by atoms with Crippen LogP contribution in [-0.4, -0.2) is 64.1 Å². The van der Waals surface area contributed by atoms with Crippen LogP contribution in [0.4, 0.5) is 11.6 Å². The Hall–Kier alpha value is -4.17. The number of anilines is 2. The van der Waals surface area contributed by atoms with Crippen LogP contribution in [0.3, 0.4) is 0 Å². The Morgan fingerprint density at radius 3 is 2.51 bits per heavy atom. The van der Waals surface area contributed by atoms with Crippen LogP contribution in [0.5, 0.6) is 5.88 Å². The number of fused-ring (bicyclic) bond motifs is 1. The van der Waals surface area contributed by atoms with E-state index in [9.17, 15) is 18.0 Å². The van der Waals surface area contributed by atoms with Crippen LogP contribution in [-0.2, 0) is 24.1 Å². The summed E-state index contributed by atoms with van der Waals surface area (Å²) in [6, 6.07) is 8.17. The number of hydrogen-bond acceptors (Lipinski definition) is 10. The Bertz CT molecular complexity index is 1860. The molecule has 0 radical (unpaired) electrons. The predicted molar refractivity (Wildman–Crippen MR) is 164 cm³/mol. The molecule has 0 bridgehead atoms. The number of nitrogens with zero attached hydrogens (tertiary/aromatic N) is 6. The molecule has 0 spiro atoms. The van der Waals surface area contributed by atoms with Crippen molar-refractivity contribution in [1.29, 1.82) is 0 Å². The van der Waals surface area contributed by atoms with Gasteiger partial charge in [0, 0.05) is 57.9 Å². The SMILES string of the molecule is Cc1cc([C@@H](C)Nc2ccc(Cl)nc2C(=O)NS(C)(=O)=O)c2nc(N3CCC(Oc4ccn(C)n4)CC3)n(C)c(=O)c2c1. The first-order valence-electron chi connectivity index (χ1n) is 13.7. The van der Waals surface area contributed by atoms with Crippen molar-refractivity contribution in [3.05, 3.63) is 68.9 Å². The molecule has 0 saturated carbocycles. The van der Waals surface area contributed by atoms with Crippen molar-refractivity contribution in [3.8, 4) is 5.88 Å². The number of carbonyl (C=O) groups is 1. The number of benzene rings is 1. The maximum atomic E-state index is 13.6. The highest BCUT2D eigenvalue weighted by molar-refractivity contribution is 7.89. The van der Waals surface area contributed by atoms with E-state index in [4.69, 9.17) is 21.3 Å². The van der Waals surface area contributed by atoms with Gasteiger partial charge in [0.25, 0.3) is 11.5 Å². The van der Waals surface area contributed by atoms with Gasteiger partial charge in [0.05, 0.1) is 28.9 Å². The van der Waals surface area contributed by atoms with Gasteiger partial charge < -0.3 is 15.0 Å². The van der Waals surface area contributed by atoms with Gasteiger partial charge in [0.15, 0.2) is 5.69 Å². The maximum Gasteiger partial charge on any atom is 0.285 e. The third-order valence-electron chi connectivity index (χ3n) is 7.22. The predicted octanol–water partition coefficient (Wildman–Crippen LogP) is 2.93. The minimum Gasteiger partial charge on any atom is -0.473 e. The number of sulfonamides is 1. The van der Waals surface area contributed by atoms with E-state index in [1.165, 1.54) is 6.07 Å². The van der Waals surface area contributed by atoms with Crippen molar-refractivity contribution in [2.24, 2.45) is 14.1 Å². The summed E-state index contributed by atoms with van der Waals surface area (Å²) in [6.45, 7) is 5.05. The molecule has 1 fully saturated rings. The third-order valence-corrected chi connectivity index (χ3v) is 7.99. The van der Waals surface area contributed by atoms with Gasteiger partial charge in [-0.15, -0.1) is 5.10 Å². The van der Waals surface area contributed by atoms with E-state index < -0.39 is 22.0 Å². The molecule has 43 heavy (non-hydrogen) atoms. The first-order valence-corrected chi connectivity index (χ1v) is 15.9. The number of rotatable bonds is 8. The van der Waals surface area contributed by atoms with Crippen LogP contribution in [0.15, 0.2) is 41.3 Å². The molecular formula is C28H33ClN8O5S. The van der Waals surface area contributed by atoms with Gasteiger partial charge in [-0.1, -0.05) is 17.7 Å². The van der Waals surface area contributed by atoms with E-state index in [0.29, 0.717) is 35.8 Å². The normalized spacial score (nSPS) is 15.0. The second-order valence-electron chi connectivity index (χ2n) is 10.8. The second kappa shape index (κ2) is 11.8. The maximum absolute atomic E-state index is 13.6. The highest BCUT2D eigenvalue weighted by Crippen LogP contribution is 2.30. The van der Waals surface area contributed by atoms with Crippen molar-refractivity contribution in [3.63, 3.8) is 0 Å². The summed E-state index contributed by atoms with van der Waals surface area (Å²) in [7, 11) is -0.273. The van der Waals surface area contributed by atoms with Crippen LogP contribution in [0.2, 0.25) is 5.15 Å². The molecule has 0 aliphatic carbocycles. The third kappa shape index (κ3) is 6.75. The molecule has 1 aliphatic heterocycles. The topological polar surface area (TPSA) is 153 Å². The number of piperidine rings is 1. The van der Waals surface area contributed by atoms with E-state index in [2.05, 4.69) is 20.3 Å². The van der Waals surface area contributed by atoms with Gasteiger partial charge in [-0.2, -0.15) is 0 Å². The van der Waals surface area contributed by atoms with Crippen LogP contribution >= 0.6 is 11.6 Å². The summed E-state index contributed by atoms with van der Waals surface area (Å²) < 4.78 is 34.6. The lowest BCUT2D eigenvalue weighted by Crippen LogP contribution is -2.41. The Labute approximate surface area is 253 Å². The number of ether oxygens (including phenoxy) is 1. The standard InChI is InChI=1S/C28H33ClN8O5S/c1-16-14-19(17(2)30-21-6-7-22(29)31-25(21)26(38)34-43(5,40)41)24-20(15-16)27(39)36(4)28(32-24)37-12-8-18(9-13-37)42-23-10-11-35(3)33-23/h6-7,10-11,14-15,17-18,30H,8-9,12-13H2,1-5H3,(H,34,38)/t17-/m1/s1. The minimum atomic E-state index is -3.83. The smallest absolute Gasteiger partial charge is 0.285 e. The van der Waals surface area contributed by atoms with Crippen molar-refractivity contribution in [1.82, 2.24) is 29.0 Å². The zero-order chi connectivity index (χ0) is 31.1. The Balaban J connectivity index is 1.45. The molecule has 3 aromatic heterocycles. The first-order chi connectivity index (χ1) is 20.3. The number of aryl methyl sites for hydroxylation is 2. The lowest BCUT2D eigenvalue weighted by molar-refractivity contribution is 0.0977. The molecule has 15 heteroatoms. The van der Waals surface area contributed by atoms with Gasteiger partial charge in [0.1, 0.15) is 11.3 Å². The molecule has 0 unspecified atom stereocenters. The number of pyridine rings is 1.